The minimum atomic E-state index is -0.242. The number of hydrogen-bond donors (Lipinski definition) is 1. The molecule has 2 aromatic carbocycles. The molecule has 1 N–H and O–H groups in total. The Morgan fingerprint density at radius 2 is 1.90 bits per heavy atom. The van der Waals surface area contributed by atoms with E-state index in [1.807, 2.05) is 30.3 Å². The second kappa shape index (κ2) is 7.50. The molecule has 3 nitrogen and oxygen atoms in total. The van der Waals surface area contributed by atoms with E-state index in [2.05, 4.69) is 5.32 Å². The summed E-state index contributed by atoms with van der Waals surface area (Å²) < 4.78 is 23.6. The molecule has 0 aromatic heterocycles. The Hall–Kier alpha value is -2.07. The molecule has 0 amide bonds. The highest BCUT2D eigenvalue weighted by Crippen LogP contribution is 2.12. The van der Waals surface area contributed by atoms with Crippen molar-refractivity contribution in [3.05, 3.63) is 59.9 Å². The van der Waals surface area contributed by atoms with Gasteiger partial charge in [0.25, 0.3) is 0 Å². The van der Waals surface area contributed by atoms with Crippen LogP contribution < -0.4 is 10.1 Å². The number of rotatable bonds is 7. The third-order valence-corrected chi connectivity index (χ3v) is 2.83. The van der Waals surface area contributed by atoms with E-state index in [4.69, 9.17) is 9.47 Å². The van der Waals surface area contributed by atoms with Crippen molar-refractivity contribution in [2.45, 2.75) is 6.61 Å². The van der Waals surface area contributed by atoms with Crippen LogP contribution in [0.5, 0.6) is 5.75 Å². The third-order valence-electron chi connectivity index (χ3n) is 2.83. The van der Waals surface area contributed by atoms with Crippen LogP contribution in [-0.4, -0.2) is 20.3 Å². The highest BCUT2D eigenvalue weighted by molar-refractivity contribution is 5.42. The van der Waals surface area contributed by atoms with Crippen molar-refractivity contribution >= 4 is 5.69 Å². The number of nitrogens with one attached hydrogen (secondary N) is 1. The first-order valence-corrected chi connectivity index (χ1v) is 6.48. The summed E-state index contributed by atoms with van der Waals surface area (Å²) in [5.74, 6) is 0.593. The summed E-state index contributed by atoms with van der Waals surface area (Å²) in [4.78, 5) is 0. The Kier molecular flexibility index (Phi) is 5.38. The second-order valence-electron chi connectivity index (χ2n) is 4.34. The molecule has 0 spiro atoms. The Morgan fingerprint density at radius 1 is 1.10 bits per heavy atom. The predicted octanol–water partition coefficient (Wildman–Crippen LogP) is 3.46. The monoisotopic (exact) mass is 275 g/mol. The molecule has 0 heterocycles. The van der Waals surface area contributed by atoms with Gasteiger partial charge in [-0.1, -0.05) is 18.2 Å². The number of methoxy groups -OCH3 is 1. The van der Waals surface area contributed by atoms with E-state index in [1.54, 1.807) is 13.2 Å². The summed E-state index contributed by atoms with van der Waals surface area (Å²) in [6, 6.07) is 14.1. The van der Waals surface area contributed by atoms with Crippen LogP contribution in [0.2, 0.25) is 0 Å². The average molecular weight is 275 g/mol. The zero-order chi connectivity index (χ0) is 14.2. The SMILES string of the molecule is COc1ccc(COCCNc2cccc(F)c2)cc1. The van der Waals surface area contributed by atoms with Crippen LogP contribution >= 0.6 is 0 Å². The van der Waals surface area contributed by atoms with Crippen molar-refractivity contribution in [2.75, 3.05) is 25.6 Å². The molecule has 20 heavy (non-hydrogen) atoms. The van der Waals surface area contributed by atoms with Crippen LogP contribution in [0, 0.1) is 5.82 Å². The van der Waals surface area contributed by atoms with Crippen LogP contribution in [0.3, 0.4) is 0 Å². The van der Waals surface area contributed by atoms with E-state index in [0.717, 1.165) is 17.0 Å². The van der Waals surface area contributed by atoms with Gasteiger partial charge in [0, 0.05) is 12.2 Å². The maximum atomic E-state index is 12.9. The van der Waals surface area contributed by atoms with Crippen LogP contribution in [-0.2, 0) is 11.3 Å². The molecule has 0 saturated heterocycles. The van der Waals surface area contributed by atoms with E-state index in [0.29, 0.717) is 19.8 Å². The fourth-order valence-corrected chi connectivity index (χ4v) is 1.78. The first-order chi connectivity index (χ1) is 9.78. The number of anilines is 1. The minimum Gasteiger partial charge on any atom is -0.497 e. The fourth-order valence-electron chi connectivity index (χ4n) is 1.78. The molecule has 0 unspecified atom stereocenters. The smallest absolute Gasteiger partial charge is 0.125 e. The molecule has 2 aromatic rings. The predicted molar refractivity (Wildman–Crippen MR) is 77.5 cm³/mol. The molecule has 0 atom stereocenters. The van der Waals surface area contributed by atoms with Crippen LogP contribution in [0.1, 0.15) is 5.56 Å². The molecule has 2 rings (SSSR count). The first kappa shape index (κ1) is 14.3. The van der Waals surface area contributed by atoms with Gasteiger partial charge in [-0.25, -0.2) is 4.39 Å². The van der Waals surface area contributed by atoms with Gasteiger partial charge in [-0.2, -0.15) is 0 Å². The maximum absolute atomic E-state index is 12.9. The van der Waals surface area contributed by atoms with Gasteiger partial charge in [0.15, 0.2) is 0 Å². The lowest BCUT2D eigenvalue weighted by atomic mass is 10.2. The molecule has 0 aliphatic heterocycles. The van der Waals surface area contributed by atoms with Crippen molar-refractivity contribution in [3.63, 3.8) is 0 Å². The van der Waals surface area contributed by atoms with Gasteiger partial charge in [0.05, 0.1) is 20.3 Å². The third kappa shape index (κ3) is 4.55. The molecule has 0 saturated carbocycles. The molecule has 0 bridgehead atoms. The highest BCUT2D eigenvalue weighted by atomic mass is 19.1. The van der Waals surface area contributed by atoms with E-state index in [9.17, 15) is 4.39 Å². The summed E-state index contributed by atoms with van der Waals surface area (Å²) >= 11 is 0. The number of halogens is 1. The van der Waals surface area contributed by atoms with Crippen molar-refractivity contribution < 1.29 is 13.9 Å². The number of benzene rings is 2. The molecule has 0 radical (unpaired) electrons. The normalized spacial score (nSPS) is 10.3. The number of hydrogen-bond acceptors (Lipinski definition) is 3. The quantitative estimate of drug-likeness (QED) is 0.785. The molecule has 106 valence electrons. The maximum Gasteiger partial charge on any atom is 0.125 e. The Bertz CT molecular complexity index is 528. The van der Waals surface area contributed by atoms with Crippen LogP contribution in [0.15, 0.2) is 48.5 Å². The Balaban J connectivity index is 1.66. The van der Waals surface area contributed by atoms with Crippen molar-refractivity contribution in [2.24, 2.45) is 0 Å². The van der Waals surface area contributed by atoms with Gasteiger partial charge in [0.1, 0.15) is 11.6 Å². The molecule has 4 heteroatoms. The molecular formula is C16H18FNO2. The highest BCUT2D eigenvalue weighted by Gasteiger charge is 1.96. The minimum absolute atomic E-state index is 0.242. The second-order valence-corrected chi connectivity index (χ2v) is 4.34. The summed E-state index contributed by atoms with van der Waals surface area (Å²) in [7, 11) is 1.64. The standard InChI is InChI=1S/C16H18FNO2/c1-19-16-7-5-13(6-8-16)12-20-10-9-18-15-4-2-3-14(17)11-15/h2-8,11,18H,9-10,12H2,1H3. The van der Waals surface area contributed by atoms with Crippen molar-refractivity contribution in [1.29, 1.82) is 0 Å². The molecular weight excluding hydrogens is 257 g/mol. The van der Waals surface area contributed by atoms with E-state index < -0.39 is 0 Å². The van der Waals surface area contributed by atoms with Gasteiger partial charge in [0.2, 0.25) is 0 Å². The summed E-state index contributed by atoms with van der Waals surface area (Å²) in [5.41, 5.74) is 1.86. The molecule has 0 aliphatic rings. The van der Waals surface area contributed by atoms with E-state index in [-0.39, 0.29) is 5.82 Å². The van der Waals surface area contributed by atoms with Gasteiger partial charge in [-0.3, -0.25) is 0 Å². The zero-order valence-electron chi connectivity index (χ0n) is 11.4. The van der Waals surface area contributed by atoms with E-state index >= 15 is 0 Å². The van der Waals surface area contributed by atoms with E-state index in [1.165, 1.54) is 12.1 Å². The van der Waals surface area contributed by atoms with Gasteiger partial charge >= 0.3 is 0 Å². The average Bonchev–Trinajstić information content (AvgIpc) is 2.48. The summed E-state index contributed by atoms with van der Waals surface area (Å²) in [5, 5.41) is 3.10. The largest absolute Gasteiger partial charge is 0.497 e. The lowest BCUT2D eigenvalue weighted by Gasteiger charge is -2.08. The number of ether oxygens (including phenoxy) is 2. The first-order valence-electron chi connectivity index (χ1n) is 6.48. The topological polar surface area (TPSA) is 30.5 Å². The fraction of sp³-hybridized carbons (Fsp3) is 0.250. The Labute approximate surface area is 118 Å². The molecule has 0 fully saturated rings. The lowest BCUT2D eigenvalue weighted by molar-refractivity contribution is 0.130. The lowest BCUT2D eigenvalue weighted by Crippen LogP contribution is -2.09. The van der Waals surface area contributed by atoms with Gasteiger partial charge in [-0.15, -0.1) is 0 Å². The summed E-state index contributed by atoms with van der Waals surface area (Å²) in [6.45, 7) is 1.75. The van der Waals surface area contributed by atoms with Crippen LogP contribution in [0.4, 0.5) is 10.1 Å². The summed E-state index contributed by atoms with van der Waals surface area (Å²) in [6.07, 6.45) is 0. The Morgan fingerprint density at radius 3 is 2.60 bits per heavy atom. The van der Waals surface area contributed by atoms with Crippen molar-refractivity contribution in [3.8, 4) is 5.75 Å². The molecule has 0 aliphatic carbocycles. The zero-order valence-corrected chi connectivity index (χ0v) is 11.4. The van der Waals surface area contributed by atoms with Crippen molar-refractivity contribution in [1.82, 2.24) is 0 Å². The van der Waals surface area contributed by atoms with Crippen LogP contribution in [0.25, 0.3) is 0 Å². The van der Waals surface area contributed by atoms with Gasteiger partial charge in [-0.05, 0) is 35.9 Å². The van der Waals surface area contributed by atoms with Gasteiger partial charge < -0.3 is 14.8 Å².